The maximum absolute atomic E-state index is 13.4. The molecule has 0 saturated carbocycles. The topological polar surface area (TPSA) is 68.3 Å². The minimum atomic E-state index is -0.481. The zero-order valence-corrected chi connectivity index (χ0v) is 19.8. The lowest BCUT2D eigenvalue weighted by Gasteiger charge is -2.26. The van der Waals surface area contributed by atoms with Crippen molar-refractivity contribution in [3.63, 3.8) is 0 Å². The molecule has 0 aliphatic heterocycles. The first kappa shape index (κ1) is 22.8. The molecule has 0 radical (unpaired) electrons. The molecule has 5 rings (SSSR count). The van der Waals surface area contributed by atoms with Gasteiger partial charge in [0.05, 0.1) is 11.1 Å². The zero-order valence-electron chi connectivity index (χ0n) is 19.8. The van der Waals surface area contributed by atoms with Gasteiger partial charge in [-0.25, -0.2) is 4.79 Å². The van der Waals surface area contributed by atoms with Crippen LogP contribution < -0.4 is 5.32 Å². The minimum Gasteiger partial charge on any atom is -0.452 e. The summed E-state index contributed by atoms with van der Waals surface area (Å²) in [5.74, 6) is -0.533. The lowest BCUT2D eigenvalue weighted by atomic mass is 9.80. The number of rotatable bonds is 6. The standard InChI is InChI=1S/C30H28N2O3/c1-2-20-12-15-23(16-13-20)31-28(33)19-35-30(34)29-24-10-6-7-11-26(24)32-27-17-14-22(18-25(27)29)21-8-4-3-5-9-21/h3-13,15-16,22H,2,14,17-19H2,1H3,(H,31,33). The van der Waals surface area contributed by atoms with E-state index < -0.39 is 5.97 Å². The van der Waals surface area contributed by atoms with Crippen LogP contribution in [-0.2, 0) is 28.8 Å². The van der Waals surface area contributed by atoms with Gasteiger partial charge in [0.1, 0.15) is 0 Å². The number of carbonyl (C=O) groups excluding carboxylic acids is 2. The number of hydrogen-bond acceptors (Lipinski definition) is 4. The molecule has 1 unspecified atom stereocenters. The summed E-state index contributed by atoms with van der Waals surface area (Å²) in [6.45, 7) is 1.73. The molecule has 176 valence electrons. The predicted octanol–water partition coefficient (Wildman–Crippen LogP) is 5.87. The molecule has 1 atom stereocenters. The van der Waals surface area contributed by atoms with Crippen molar-refractivity contribution in [3.05, 3.63) is 107 Å². The molecule has 1 aromatic heterocycles. The van der Waals surface area contributed by atoms with Gasteiger partial charge in [-0.3, -0.25) is 9.78 Å². The van der Waals surface area contributed by atoms with Crippen molar-refractivity contribution >= 4 is 28.5 Å². The third-order valence-electron chi connectivity index (χ3n) is 6.71. The average Bonchev–Trinajstić information content (AvgIpc) is 2.91. The lowest BCUT2D eigenvalue weighted by molar-refractivity contribution is -0.119. The summed E-state index contributed by atoms with van der Waals surface area (Å²) in [6.07, 6.45) is 3.43. The molecule has 0 fully saturated rings. The van der Waals surface area contributed by atoms with Crippen LogP contribution in [-0.4, -0.2) is 23.5 Å². The van der Waals surface area contributed by atoms with E-state index in [1.807, 2.05) is 66.7 Å². The number of esters is 1. The number of anilines is 1. The first-order chi connectivity index (χ1) is 17.1. The highest BCUT2D eigenvalue weighted by Crippen LogP contribution is 2.36. The Bertz CT molecular complexity index is 1360. The lowest BCUT2D eigenvalue weighted by Crippen LogP contribution is -2.23. The van der Waals surface area contributed by atoms with Crippen molar-refractivity contribution in [3.8, 4) is 0 Å². The summed E-state index contributed by atoms with van der Waals surface area (Å²) in [6, 6.07) is 25.7. The zero-order chi connectivity index (χ0) is 24.2. The van der Waals surface area contributed by atoms with Crippen molar-refractivity contribution in [1.29, 1.82) is 0 Å². The Balaban J connectivity index is 1.38. The summed E-state index contributed by atoms with van der Waals surface area (Å²) >= 11 is 0. The summed E-state index contributed by atoms with van der Waals surface area (Å²) < 4.78 is 5.54. The van der Waals surface area contributed by atoms with Crippen LogP contribution in [0.4, 0.5) is 5.69 Å². The molecular formula is C30H28N2O3. The molecule has 5 heteroatoms. The fraction of sp³-hybridized carbons (Fsp3) is 0.233. The van der Waals surface area contributed by atoms with Crippen LogP contribution in [0.25, 0.3) is 10.9 Å². The number of ether oxygens (including phenoxy) is 1. The highest BCUT2D eigenvalue weighted by atomic mass is 16.5. The van der Waals surface area contributed by atoms with Crippen LogP contribution in [0.2, 0.25) is 0 Å². The maximum atomic E-state index is 13.4. The number of fused-ring (bicyclic) bond motifs is 2. The molecule has 1 N–H and O–H groups in total. The Morgan fingerprint density at radius 1 is 0.971 bits per heavy atom. The second kappa shape index (κ2) is 10.1. The molecule has 0 saturated heterocycles. The van der Waals surface area contributed by atoms with Gasteiger partial charge in [0.2, 0.25) is 0 Å². The number of nitrogens with zero attached hydrogens (tertiary/aromatic N) is 1. The van der Waals surface area contributed by atoms with Crippen molar-refractivity contribution < 1.29 is 14.3 Å². The molecule has 1 amide bonds. The largest absolute Gasteiger partial charge is 0.452 e. The van der Waals surface area contributed by atoms with Crippen LogP contribution in [0.1, 0.15) is 52.0 Å². The van der Waals surface area contributed by atoms with Gasteiger partial charge < -0.3 is 10.1 Å². The van der Waals surface area contributed by atoms with Gasteiger partial charge in [0, 0.05) is 16.8 Å². The third-order valence-corrected chi connectivity index (χ3v) is 6.71. The SMILES string of the molecule is CCc1ccc(NC(=O)COC(=O)c2c3c(nc4ccccc24)CCC(c2ccccc2)C3)cc1. The highest BCUT2D eigenvalue weighted by molar-refractivity contribution is 6.06. The Labute approximate surface area is 205 Å². The summed E-state index contributed by atoms with van der Waals surface area (Å²) in [7, 11) is 0. The first-order valence-corrected chi connectivity index (χ1v) is 12.1. The first-order valence-electron chi connectivity index (χ1n) is 12.1. The monoisotopic (exact) mass is 464 g/mol. The van der Waals surface area contributed by atoms with Crippen LogP contribution in [0, 0.1) is 0 Å². The van der Waals surface area contributed by atoms with E-state index in [0.29, 0.717) is 17.2 Å². The molecule has 0 bridgehead atoms. The molecule has 35 heavy (non-hydrogen) atoms. The number of aromatic nitrogens is 1. The molecule has 1 heterocycles. The van der Waals surface area contributed by atoms with Crippen molar-refractivity contribution in [2.75, 3.05) is 11.9 Å². The maximum Gasteiger partial charge on any atom is 0.339 e. The molecule has 5 nitrogen and oxygen atoms in total. The van der Waals surface area contributed by atoms with Gasteiger partial charge in [-0.2, -0.15) is 0 Å². The van der Waals surface area contributed by atoms with E-state index in [4.69, 9.17) is 9.72 Å². The minimum absolute atomic E-state index is 0.313. The summed E-state index contributed by atoms with van der Waals surface area (Å²) in [5, 5.41) is 3.56. The van der Waals surface area contributed by atoms with Crippen molar-refractivity contribution in [1.82, 2.24) is 4.98 Å². The second-order valence-corrected chi connectivity index (χ2v) is 8.95. The number of para-hydroxylation sites is 1. The van der Waals surface area contributed by atoms with Gasteiger partial charge >= 0.3 is 5.97 Å². The second-order valence-electron chi connectivity index (χ2n) is 8.95. The fourth-order valence-electron chi connectivity index (χ4n) is 4.86. The number of benzene rings is 3. The third kappa shape index (κ3) is 4.94. The van der Waals surface area contributed by atoms with Crippen LogP contribution in [0.3, 0.4) is 0 Å². The Hall–Kier alpha value is -3.99. The van der Waals surface area contributed by atoms with E-state index in [1.54, 1.807) is 0 Å². The number of hydrogen-bond donors (Lipinski definition) is 1. The van der Waals surface area contributed by atoms with Gasteiger partial charge in [-0.1, -0.05) is 67.6 Å². The highest BCUT2D eigenvalue weighted by Gasteiger charge is 2.28. The number of amides is 1. The van der Waals surface area contributed by atoms with E-state index in [1.165, 1.54) is 11.1 Å². The normalized spacial score (nSPS) is 14.8. The van der Waals surface area contributed by atoms with Gasteiger partial charge in [0.25, 0.3) is 5.91 Å². The molecule has 4 aromatic rings. The predicted molar refractivity (Wildman–Crippen MR) is 138 cm³/mol. The molecule has 0 spiro atoms. The number of pyridine rings is 1. The Kier molecular flexibility index (Phi) is 6.57. The summed E-state index contributed by atoms with van der Waals surface area (Å²) in [4.78, 5) is 30.7. The van der Waals surface area contributed by atoms with E-state index in [-0.39, 0.29) is 12.5 Å². The van der Waals surface area contributed by atoms with E-state index >= 15 is 0 Å². The van der Waals surface area contributed by atoms with Crippen molar-refractivity contribution in [2.45, 2.75) is 38.5 Å². The number of aryl methyl sites for hydroxylation is 2. The van der Waals surface area contributed by atoms with Gasteiger partial charge in [-0.05, 0) is 66.5 Å². The number of nitrogens with one attached hydrogen (secondary N) is 1. The Morgan fingerprint density at radius 2 is 1.71 bits per heavy atom. The van der Waals surface area contributed by atoms with Crippen LogP contribution in [0.15, 0.2) is 78.9 Å². The number of carbonyl (C=O) groups is 2. The molecular weight excluding hydrogens is 436 g/mol. The van der Waals surface area contributed by atoms with E-state index in [0.717, 1.165) is 47.8 Å². The summed E-state index contributed by atoms with van der Waals surface area (Å²) in [5.41, 5.74) is 6.33. The smallest absolute Gasteiger partial charge is 0.339 e. The fourth-order valence-corrected chi connectivity index (χ4v) is 4.86. The van der Waals surface area contributed by atoms with E-state index in [2.05, 4.69) is 24.4 Å². The van der Waals surface area contributed by atoms with Gasteiger partial charge in [0.15, 0.2) is 6.61 Å². The van der Waals surface area contributed by atoms with Crippen LogP contribution in [0.5, 0.6) is 0 Å². The van der Waals surface area contributed by atoms with Crippen LogP contribution >= 0.6 is 0 Å². The van der Waals surface area contributed by atoms with E-state index in [9.17, 15) is 9.59 Å². The Morgan fingerprint density at radius 3 is 2.49 bits per heavy atom. The molecule has 1 aliphatic rings. The quantitative estimate of drug-likeness (QED) is 0.363. The molecule has 1 aliphatic carbocycles. The van der Waals surface area contributed by atoms with Crippen molar-refractivity contribution in [2.24, 2.45) is 0 Å². The molecule has 3 aromatic carbocycles. The average molecular weight is 465 g/mol. The van der Waals surface area contributed by atoms with Gasteiger partial charge in [-0.15, -0.1) is 0 Å².